The fourth-order valence-corrected chi connectivity index (χ4v) is 1.81. The molecule has 21 heavy (non-hydrogen) atoms. The molecular formula is C13H10BrN3O4. The van der Waals surface area contributed by atoms with Crippen molar-refractivity contribution in [1.29, 1.82) is 0 Å². The molecule has 0 aliphatic heterocycles. The molecule has 1 amide bonds. The zero-order valence-corrected chi connectivity index (χ0v) is 12.2. The number of carbonyl (C=O) groups is 2. The summed E-state index contributed by atoms with van der Waals surface area (Å²) in [6.07, 6.45) is 0. The van der Waals surface area contributed by atoms with Crippen LogP contribution < -0.4 is 10.9 Å². The number of nitrogens with one attached hydrogen (secondary N) is 1. The normalized spacial score (nSPS) is 10.1. The largest absolute Gasteiger partial charge is 0.476 e. The zero-order valence-electron chi connectivity index (χ0n) is 10.6. The Morgan fingerprint density at radius 3 is 2.48 bits per heavy atom. The lowest BCUT2D eigenvalue weighted by Gasteiger charge is -2.07. The van der Waals surface area contributed by atoms with Gasteiger partial charge < -0.3 is 10.4 Å². The molecule has 0 atom stereocenters. The summed E-state index contributed by atoms with van der Waals surface area (Å²) in [7, 11) is 0. The first-order chi connectivity index (χ1) is 9.95. The molecule has 0 radical (unpaired) electrons. The minimum atomic E-state index is -1.27. The molecule has 0 unspecified atom stereocenters. The number of carboxylic acids is 1. The van der Waals surface area contributed by atoms with Crippen molar-refractivity contribution in [1.82, 2.24) is 9.78 Å². The highest BCUT2D eigenvalue weighted by molar-refractivity contribution is 9.10. The molecule has 1 aromatic carbocycles. The third kappa shape index (κ3) is 3.99. The minimum Gasteiger partial charge on any atom is -0.476 e. The van der Waals surface area contributed by atoms with Gasteiger partial charge in [-0.1, -0.05) is 15.9 Å². The van der Waals surface area contributed by atoms with Crippen molar-refractivity contribution in [2.75, 3.05) is 5.32 Å². The van der Waals surface area contributed by atoms with E-state index in [9.17, 15) is 14.4 Å². The van der Waals surface area contributed by atoms with E-state index < -0.39 is 17.4 Å². The number of aromatic carboxylic acids is 1. The smallest absolute Gasteiger partial charge is 0.356 e. The van der Waals surface area contributed by atoms with E-state index in [1.54, 1.807) is 24.3 Å². The predicted octanol–water partition coefficient (Wildman–Crippen LogP) is 1.34. The first-order valence-corrected chi connectivity index (χ1v) is 6.62. The fourth-order valence-electron chi connectivity index (χ4n) is 1.55. The van der Waals surface area contributed by atoms with E-state index in [4.69, 9.17) is 5.11 Å². The number of rotatable bonds is 4. The van der Waals surface area contributed by atoms with E-state index >= 15 is 0 Å². The summed E-state index contributed by atoms with van der Waals surface area (Å²) >= 11 is 3.27. The van der Waals surface area contributed by atoms with Crippen LogP contribution in [-0.2, 0) is 11.3 Å². The van der Waals surface area contributed by atoms with Gasteiger partial charge in [0.1, 0.15) is 6.54 Å². The molecule has 0 saturated carbocycles. The Hall–Kier alpha value is -2.48. The first kappa shape index (κ1) is 14.9. The minimum absolute atomic E-state index is 0.300. The lowest BCUT2D eigenvalue weighted by atomic mass is 10.3. The molecule has 0 spiro atoms. The summed E-state index contributed by atoms with van der Waals surface area (Å²) in [5.74, 6) is -1.74. The van der Waals surface area contributed by atoms with Crippen molar-refractivity contribution in [3.63, 3.8) is 0 Å². The maximum absolute atomic E-state index is 11.8. The van der Waals surface area contributed by atoms with E-state index in [0.29, 0.717) is 5.69 Å². The van der Waals surface area contributed by atoms with E-state index in [1.165, 1.54) is 0 Å². The molecule has 1 heterocycles. The zero-order chi connectivity index (χ0) is 15.4. The van der Waals surface area contributed by atoms with Crippen molar-refractivity contribution in [3.8, 4) is 0 Å². The van der Waals surface area contributed by atoms with Gasteiger partial charge in [-0.05, 0) is 30.3 Å². The fraction of sp³-hybridized carbons (Fsp3) is 0.0769. The van der Waals surface area contributed by atoms with Gasteiger partial charge in [-0.15, -0.1) is 0 Å². The topological polar surface area (TPSA) is 101 Å². The van der Waals surface area contributed by atoms with Crippen LogP contribution in [-0.4, -0.2) is 26.8 Å². The summed E-state index contributed by atoms with van der Waals surface area (Å²) in [5.41, 5.74) is -0.289. The van der Waals surface area contributed by atoms with Crippen LogP contribution in [0.3, 0.4) is 0 Å². The Bertz CT molecular complexity index is 740. The molecule has 0 saturated heterocycles. The average Bonchev–Trinajstić information content (AvgIpc) is 2.43. The van der Waals surface area contributed by atoms with Gasteiger partial charge in [-0.2, -0.15) is 5.10 Å². The first-order valence-electron chi connectivity index (χ1n) is 5.82. The Kier molecular flexibility index (Phi) is 4.49. The van der Waals surface area contributed by atoms with Crippen LogP contribution in [0.2, 0.25) is 0 Å². The summed E-state index contributed by atoms with van der Waals surface area (Å²) in [6, 6.07) is 9.03. The number of amides is 1. The molecule has 0 aliphatic carbocycles. The number of nitrogens with zero attached hydrogens (tertiary/aromatic N) is 2. The Morgan fingerprint density at radius 1 is 1.19 bits per heavy atom. The summed E-state index contributed by atoms with van der Waals surface area (Å²) in [5, 5.41) is 15.0. The number of carboxylic acid groups (broad SMARTS) is 1. The molecule has 2 aromatic rings. The SMILES string of the molecule is O=C(Cn1nc(C(=O)O)ccc1=O)Nc1ccc(Br)cc1. The van der Waals surface area contributed by atoms with Gasteiger partial charge >= 0.3 is 5.97 Å². The van der Waals surface area contributed by atoms with Crippen LogP contribution in [0, 0.1) is 0 Å². The number of hydrogen-bond acceptors (Lipinski definition) is 4. The number of aromatic nitrogens is 2. The highest BCUT2D eigenvalue weighted by atomic mass is 79.9. The van der Waals surface area contributed by atoms with Gasteiger partial charge in [0.2, 0.25) is 5.91 Å². The van der Waals surface area contributed by atoms with E-state index in [2.05, 4.69) is 26.3 Å². The van der Waals surface area contributed by atoms with Crippen molar-refractivity contribution >= 4 is 33.5 Å². The van der Waals surface area contributed by atoms with Crippen molar-refractivity contribution in [3.05, 3.63) is 56.9 Å². The third-order valence-corrected chi connectivity index (χ3v) is 3.04. The summed E-state index contributed by atoms with van der Waals surface area (Å²) < 4.78 is 1.67. The molecule has 8 heteroatoms. The Labute approximate surface area is 127 Å². The van der Waals surface area contributed by atoms with Crippen molar-refractivity contribution in [2.45, 2.75) is 6.54 Å². The molecule has 7 nitrogen and oxygen atoms in total. The van der Waals surface area contributed by atoms with Gasteiger partial charge in [-0.25, -0.2) is 9.48 Å². The number of carbonyl (C=O) groups excluding carboxylic acids is 1. The van der Waals surface area contributed by atoms with Gasteiger partial charge in [-0.3, -0.25) is 9.59 Å². The molecule has 1 aromatic heterocycles. The second kappa shape index (κ2) is 6.31. The number of anilines is 1. The average molecular weight is 352 g/mol. The molecule has 2 rings (SSSR count). The lowest BCUT2D eigenvalue weighted by molar-refractivity contribution is -0.117. The molecule has 0 bridgehead atoms. The van der Waals surface area contributed by atoms with Crippen LogP contribution in [0.4, 0.5) is 5.69 Å². The van der Waals surface area contributed by atoms with Gasteiger partial charge in [0.15, 0.2) is 5.69 Å². The van der Waals surface area contributed by atoms with Crippen LogP contribution in [0.15, 0.2) is 45.7 Å². The third-order valence-electron chi connectivity index (χ3n) is 2.51. The molecule has 108 valence electrons. The number of hydrogen-bond donors (Lipinski definition) is 2. The molecule has 0 fully saturated rings. The van der Waals surface area contributed by atoms with E-state index in [1.807, 2.05) is 0 Å². The highest BCUT2D eigenvalue weighted by Crippen LogP contribution is 2.13. The molecule has 2 N–H and O–H groups in total. The van der Waals surface area contributed by atoms with Crippen LogP contribution in [0.1, 0.15) is 10.5 Å². The Morgan fingerprint density at radius 2 is 1.86 bits per heavy atom. The van der Waals surface area contributed by atoms with Crippen LogP contribution >= 0.6 is 15.9 Å². The second-order valence-electron chi connectivity index (χ2n) is 4.07. The maximum atomic E-state index is 11.8. The van der Waals surface area contributed by atoms with E-state index in [0.717, 1.165) is 21.3 Å². The van der Waals surface area contributed by atoms with Gasteiger partial charge in [0.05, 0.1) is 0 Å². The van der Waals surface area contributed by atoms with Crippen molar-refractivity contribution < 1.29 is 14.7 Å². The quantitative estimate of drug-likeness (QED) is 0.865. The van der Waals surface area contributed by atoms with Crippen molar-refractivity contribution in [2.24, 2.45) is 0 Å². The standard InChI is InChI=1S/C13H10BrN3O4/c14-8-1-3-9(4-2-8)15-11(18)7-17-12(19)6-5-10(16-17)13(20)21/h1-6H,7H2,(H,15,18)(H,20,21). The van der Waals surface area contributed by atoms with Crippen LogP contribution in [0.5, 0.6) is 0 Å². The summed E-state index contributed by atoms with van der Waals surface area (Å²) in [4.78, 5) is 34.2. The number of benzene rings is 1. The van der Waals surface area contributed by atoms with Gasteiger partial charge in [0, 0.05) is 16.2 Å². The lowest BCUT2D eigenvalue weighted by Crippen LogP contribution is -2.30. The predicted molar refractivity (Wildman–Crippen MR) is 78.2 cm³/mol. The highest BCUT2D eigenvalue weighted by Gasteiger charge is 2.10. The molecular weight excluding hydrogens is 342 g/mol. The van der Waals surface area contributed by atoms with Crippen LogP contribution in [0.25, 0.3) is 0 Å². The second-order valence-corrected chi connectivity index (χ2v) is 4.99. The van der Waals surface area contributed by atoms with E-state index in [-0.39, 0.29) is 12.2 Å². The monoisotopic (exact) mass is 351 g/mol. The Balaban J connectivity index is 2.12. The van der Waals surface area contributed by atoms with Gasteiger partial charge in [0.25, 0.3) is 5.56 Å². The molecule has 0 aliphatic rings. The number of halogens is 1. The summed E-state index contributed by atoms with van der Waals surface area (Å²) in [6.45, 7) is -0.365. The maximum Gasteiger partial charge on any atom is 0.356 e.